The number of hydrogen-bond acceptors (Lipinski definition) is 4. The van der Waals surface area contributed by atoms with Gasteiger partial charge in [0.2, 0.25) is 0 Å². The monoisotopic (exact) mass is 271 g/mol. The van der Waals surface area contributed by atoms with E-state index in [1.807, 2.05) is 0 Å². The number of imide groups is 1. The van der Waals surface area contributed by atoms with E-state index in [0.29, 0.717) is 21.6 Å². The van der Waals surface area contributed by atoms with E-state index in [0.717, 1.165) is 5.39 Å². The van der Waals surface area contributed by atoms with E-state index in [9.17, 15) is 14.4 Å². The van der Waals surface area contributed by atoms with Crippen LogP contribution < -0.4 is 0 Å². The summed E-state index contributed by atoms with van der Waals surface area (Å²) in [6.45, 7) is -0.754. The topological polar surface area (TPSA) is 83.9 Å². The van der Waals surface area contributed by atoms with Crippen LogP contribution in [-0.4, -0.2) is 34.6 Å². The molecule has 6 heteroatoms. The largest absolute Gasteiger partial charge is 0.479 e. The molecule has 0 atom stereocenters. The van der Waals surface area contributed by atoms with Gasteiger partial charge in [-0.1, -0.05) is 24.3 Å². The number of carbonyl (C=O) groups excluding carboxylic acids is 2. The lowest BCUT2D eigenvalue weighted by Crippen LogP contribution is -2.41. The molecule has 1 N–H and O–H groups in total. The summed E-state index contributed by atoms with van der Waals surface area (Å²) in [5.74, 6) is -2.57. The molecule has 0 unspecified atom stereocenters. The van der Waals surface area contributed by atoms with E-state index in [1.165, 1.54) is 0 Å². The van der Waals surface area contributed by atoms with Crippen LogP contribution in [0.5, 0.6) is 0 Å². The Hall–Kier alpha value is -2.73. The molecule has 2 aromatic rings. The number of hydroxylamine groups is 2. The van der Waals surface area contributed by atoms with Gasteiger partial charge >= 0.3 is 5.97 Å². The number of amides is 2. The van der Waals surface area contributed by atoms with Crippen LogP contribution in [0.25, 0.3) is 10.8 Å². The maximum atomic E-state index is 12.2. The van der Waals surface area contributed by atoms with Crippen LogP contribution in [0.4, 0.5) is 0 Å². The third-order valence-electron chi connectivity index (χ3n) is 3.05. The van der Waals surface area contributed by atoms with Crippen LogP contribution in [0.15, 0.2) is 36.4 Å². The summed E-state index contributed by atoms with van der Waals surface area (Å²) in [6.07, 6.45) is 0. The van der Waals surface area contributed by atoms with Gasteiger partial charge in [-0.05, 0) is 17.5 Å². The van der Waals surface area contributed by atoms with Crippen molar-refractivity contribution in [1.82, 2.24) is 5.06 Å². The SMILES string of the molecule is O=C(O)CON1C(=O)c2cccc3cccc(c23)C1=O. The zero-order valence-corrected chi connectivity index (χ0v) is 10.2. The summed E-state index contributed by atoms with van der Waals surface area (Å²) < 4.78 is 0. The molecule has 2 amide bonds. The van der Waals surface area contributed by atoms with Crippen molar-refractivity contribution in [2.45, 2.75) is 0 Å². The summed E-state index contributed by atoms with van der Waals surface area (Å²) in [4.78, 5) is 39.7. The first kappa shape index (κ1) is 12.3. The van der Waals surface area contributed by atoms with E-state index in [1.54, 1.807) is 36.4 Å². The molecule has 3 rings (SSSR count). The van der Waals surface area contributed by atoms with Gasteiger partial charge in [0.25, 0.3) is 11.8 Å². The Labute approximate surface area is 113 Å². The Balaban J connectivity index is 2.14. The quantitative estimate of drug-likeness (QED) is 0.854. The average Bonchev–Trinajstić information content (AvgIpc) is 2.44. The molecule has 100 valence electrons. The maximum Gasteiger partial charge on any atom is 0.332 e. The van der Waals surface area contributed by atoms with Crippen LogP contribution in [-0.2, 0) is 9.63 Å². The van der Waals surface area contributed by atoms with Gasteiger partial charge in [-0.3, -0.25) is 14.4 Å². The highest BCUT2D eigenvalue weighted by atomic mass is 16.7. The number of nitrogens with zero attached hydrogens (tertiary/aromatic N) is 1. The Kier molecular flexibility index (Phi) is 2.73. The average molecular weight is 271 g/mol. The lowest BCUT2D eigenvalue weighted by Gasteiger charge is -2.25. The van der Waals surface area contributed by atoms with Crippen molar-refractivity contribution in [3.05, 3.63) is 47.5 Å². The molecular weight excluding hydrogens is 262 g/mol. The number of aliphatic carboxylic acids is 1. The molecule has 1 aliphatic rings. The second kappa shape index (κ2) is 4.43. The van der Waals surface area contributed by atoms with Gasteiger partial charge in [-0.15, -0.1) is 5.06 Å². The van der Waals surface area contributed by atoms with Crippen molar-refractivity contribution in [3.8, 4) is 0 Å². The fourth-order valence-corrected chi connectivity index (χ4v) is 2.25. The van der Waals surface area contributed by atoms with Gasteiger partial charge in [-0.2, -0.15) is 0 Å². The highest BCUT2D eigenvalue weighted by molar-refractivity contribution is 6.24. The number of carboxylic acid groups (broad SMARTS) is 1. The summed E-state index contributed by atoms with van der Waals surface area (Å²) in [5.41, 5.74) is 0.645. The van der Waals surface area contributed by atoms with Crippen LogP contribution in [0, 0.1) is 0 Å². The van der Waals surface area contributed by atoms with E-state index in [2.05, 4.69) is 0 Å². The lowest BCUT2D eigenvalue weighted by atomic mass is 9.95. The van der Waals surface area contributed by atoms with Crippen LogP contribution in [0.3, 0.4) is 0 Å². The summed E-state index contributed by atoms with van der Waals surface area (Å²) in [5, 5.41) is 10.4. The van der Waals surface area contributed by atoms with Crippen molar-refractivity contribution in [2.75, 3.05) is 6.61 Å². The molecule has 0 bridgehead atoms. The number of carbonyl (C=O) groups is 3. The maximum absolute atomic E-state index is 12.2. The van der Waals surface area contributed by atoms with Crippen molar-refractivity contribution < 1.29 is 24.3 Å². The minimum atomic E-state index is -1.26. The fourth-order valence-electron chi connectivity index (χ4n) is 2.25. The van der Waals surface area contributed by atoms with Crippen LogP contribution in [0.2, 0.25) is 0 Å². The van der Waals surface area contributed by atoms with Gasteiger partial charge in [0.05, 0.1) is 11.1 Å². The van der Waals surface area contributed by atoms with Crippen molar-refractivity contribution >= 4 is 28.6 Å². The minimum Gasteiger partial charge on any atom is -0.479 e. The molecule has 0 fully saturated rings. The molecule has 0 saturated carbocycles. The highest BCUT2D eigenvalue weighted by Gasteiger charge is 2.34. The van der Waals surface area contributed by atoms with Crippen molar-refractivity contribution in [3.63, 3.8) is 0 Å². The second-order valence-electron chi connectivity index (χ2n) is 4.28. The predicted molar refractivity (Wildman–Crippen MR) is 68.0 cm³/mol. The molecule has 2 aromatic carbocycles. The van der Waals surface area contributed by atoms with Crippen LogP contribution in [0.1, 0.15) is 20.7 Å². The Bertz CT molecular complexity index is 702. The number of rotatable bonds is 3. The van der Waals surface area contributed by atoms with Gasteiger partial charge in [0.1, 0.15) is 0 Å². The van der Waals surface area contributed by atoms with Gasteiger partial charge in [-0.25, -0.2) is 4.79 Å². The van der Waals surface area contributed by atoms with Gasteiger partial charge in [0.15, 0.2) is 6.61 Å². The predicted octanol–water partition coefficient (Wildman–Crippen LogP) is 1.45. The van der Waals surface area contributed by atoms with E-state index < -0.39 is 24.4 Å². The summed E-state index contributed by atoms with van der Waals surface area (Å²) in [7, 11) is 0. The summed E-state index contributed by atoms with van der Waals surface area (Å²) in [6, 6.07) is 10.2. The van der Waals surface area contributed by atoms with E-state index >= 15 is 0 Å². The molecule has 0 aliphatic carbocycles. The Morgan fingerprint density at radius 1 is 1.05 bits per heavy atom. The lowest BCUT2D eigenvalue weighted by molar-refractivity contribution is -0.155. The zero-order valence-electron chi connectivity index (χ0n) is 10.2. The molecule has 20 heavy (non-hydrogen) atoms. The molecule has 1 heterocycles. The molecule has 1 aliphatic heterocycles. The summed E-state index contributed by atoms with van der Waals surface area (Å²) >= 11 is 0. The Morgan fingerprint density at radius 3 is 2.10 bits per heavy atom. The molecule has 0 spiro atoms. The first-order valence-corrected chi connectivity index (χ1v) is 5.85. The second-order valence-corrected chi connectivity index (χ2v) is 4.28. The molecule has 0 saturated heterocycles. The minimum absolute atomic E-state index is 0.322. The van der Waals surface area contributed by atoms with Crippen molar-refractivity contribution in [1.29, 1.82) is 0 Å². The number of benzene rings is 2. The Morgan fingerprint density at radius 2 is 1.60 bits per heavy atom. The first-order valence-electron chi connectivity index (χ1n) is 5.85. The van der Waals surface area contributed by atoms with E-state index in [-0.39, 0.29) is 0 Å². The highest BCUT2D eigenvalue weighted by Crippen LogP contribution is 2.29. The first-order chi connectivity index (χ1) is 9.59. The van der Waals surface area contributed by atoms with Gasteiger partial charge in [0, 0.05) is 5.39 Å². The van der Waals surface area contributed by atoms with E-state index in [4.69, 9.17) is 9.94 Å². The van der Waals surface area contributed by atoms with Crippen molar-refractivity contribution in [2.24, 2.45) is 0 Å². The molecule has 0 aromatic heterocycles. The number of carboxylic acids is 1. The standard InChI is InChI=1S/C14H9NO5/c16-11(17)7-20-15-13(18)9-5-1-3-8-4-2-6-10(12(8)9)14(15)19/h1-6H,7H2,(H,16,17). The third-order valence-corrected chi connectivity index (χ3v) is 3.05. The van der Waals surface area contributed by atoms with Crippen LogP contribution >= 0.6 is 0 Å². The smallest absolute Gasteiger partial charge is 0.332 e. The normalized spacial score (nSPS) is 13.9. The molecular formula is C14H9NO5. The van der Waals surface area contributed by atoms with Gasteiger partial charge < -0.3 is 5.11 Å². The molecule has 0 radical (unpaired) electrons. The molecule has 6 nitrogen and oxygen atoms in total. The number of hydrogen-bond donors (Lipinski definition) is 1. The fraction of sp³-hybridized carbons (Fsp3) is 0.0714. The zero-order chi connectivity index (χ0) is 14.3. The third kappa shape index (κ3) is 1.74.